The van der Waals surface area contributed by atoms with Crippen molar-refractivity contribution < 1.29 is 18.1 Å². The molecule has 0 heterocycles. The van der Waals surface area contributed by atoms with Crippen LogP contribution in [0.3, 0.4) is 0 Å². The molecule has 4 rings (SSSR count). The maximum Gasteiger partial charge on any atom is 0.269 e. The molecular weight excluding hydrogens is 456 g/mol. The van der Waals surface area contributed by atoms with Crippen LogP contribution >= 0.6 is 0 Å². The third-order valence-corrected chi connectivity index (χ3v) is 8.13. The summed E-state index contributed by atoms with van der Waals surface area (Å²) in [5.74, 6) is -0.392. The molecule has 0 bridgehead atoms. The highest BCUT2D eigenvalue weighted by Gasteiger charge is 2.29. The van der Waals surface area contributed by atoms with Crippen LogP contribution in [0, 0.1) is 10.1 Å². The molecule has 0 fully saturated rings. The fourth-order valence-corrected chi connectivity index (χ4v) is 6.15. The van der Waals surface area contributed by atoms with Crippen LogP contribution in [-0.2, 0) is 40.5 Å². The summed E-state index contributed by atoms with van der Waals surface area (Å²) in [6.07, 6.45) is 7.46. The van der Waals surface area contributed by atoms with Crippen molar-refractivity contribution in [2.75, 3.05) is 11.9 Å². The second-order valence-corrected chi connectivity index (χ2v) is 10.6. The van der Waals surface area contributed by atoms with Crippen LogP contribution in [0.25, 0.3) is 0 Å². The van der Waals surface area contributed by atoms with Crippen molar-refractivity contribution in [1.29, 1.82) is 0 Å². The molecule has 182 valence electrons. The number of carbonyl (C=O) groups is 1. The minimum absolute atomic E-state index is 0.129. The van der Waals surface area contributed by atoms with Gasteiger partial charge in [-0.3, -0.25) is 14.9 Å². The number of non-ortho nitro benzene ring substituents is 1. The van der Waals surface area contributed by atoms with Crippen molar-refractivity contribution in [3.63, 3.8) is 0 Å². The highest BCUT2D eigenvalue weighted by molar-refractivity contribution is 7.89. The summed E-state index contributed by atoms with van der Waals surface area (Å²) in [6, 6.07) is 5.90. The second kappa shape index (κ2) is 10.2. The van der Waals surface area contributed by atoms with E-state index in [4.69, 9.17) is 5.73 Å². The number of rotatable bonds is 10. The Morgan fingerprint density at radius 2 is 1.65 bits per heavy atom. The van der Waals surface area contributed by atoms with E-state index < -0.39 is 26.9 Å². The number of nitrogens with zero attached hydrogens (tertiary/aromatic N) is 1. The Kier molecular flexibility index (Phi) is 7.30. The lowest BCUT2D eigenvalue weighted by molar-refractivity contribution is -0.384. The first-order chi connectivity index (χ1) is 16.3. The van der Waals surface area contributed by atoms with E-state index in [9.17, 15) is 23.3 Å². The van der Waals surface area contributed by atoms with Crippen molar-refractivity contribution in [1.82, 2.24) is 4.72 Å². The van der Waals surface area contributed by atoms with Crippen LogP contribution < -0.4 is 15.8 Å². The standard InChI is InChI=1S/C24H30N4O5S/c25-14-2-1-9-22(27-34(32,33)19-12-10-18(11-13-19)28(30)31)24(29)26-23-20-7-3-5-16(20)15-17-6-4-8-21(17)23/h10-13,15,22,27H,1-9,14,25H2,(H,26,29)/t22-/m0/s1. The number of fused-ring (bicyclic) bond motifs is 2. The number of hydrogen-bond acceptors (Lipinski definition) is 6. The summed E-state index contributed by atoms with van der Waals surface area (Å²) >= 11 is 0. The van der Waals surface area contributed by atoms with Gasteiger partial charge in [0.05, 0.1) is 9.82 Å². The van der Waals surface area contributed by atoms with Gasteiger partial charge in [-0.05, 0) is 92.3 Å². The van der Waals surface area contributed by atoms with E-state index in [1.165, 1.54) is 34.4 Å². The minimum Gasteiger partial charge on any atom is -0.330 e. The van der Waals surface area contributed by atoms with Gasteiger partial charge in [0.25, 0.3) is 5.69 Å². The summed E-state index contributed by atoms with van der Waals surface area (Å²) in [7, 11) is -4.06. The molecule has 4 N–H and O–H groups in total. The Hall–Kier alpha value is -2.82. The van der Waals surface area contributed by atoms with Gasteiger partial charge in [-0.25, -0.2) is 8.42 Å². The van der Waals surface area contributed by atoms with E-state index in [0.29, 0.717) is 25.8 Å². The highest BCUT2D eigenvalue weighted by atomic mass is 32.2. The molecule has 1 amide bonds. The molecule has 2 aromatic carbocycles. The Morgan fingerprint density at radius 1 is 1.03 bits per heavy atom. The molecular formula is C24H30N4O5S. The zero-order chi connectivity index (χ0) is 24.3. The molecule has 2 aliphatic carbocycles. The quantitative estimate of drug-likeness (QED) is 0.267. The molecule has 1 atom stereocenters. The number of nitrogens with two attached hydrogens (primary N) is 1. The fourth-order valence-electron chi connectivity index (χ4n) is 4.92. The molecule has 0 saturated carbocycles. The monoisotopic (exact) mass is 486 g/mol. The smallest absolute Gasteiger partial charge is 0.269 e. The summed E-state index contributed by atoms with van der Waals surface area (Å²) in [5.41, 5.74) is 11.2. The van der Waals surface area contributed by atoms with Gasteiger partial charge in [-0.15, -0.1) is 0 Å². The van der Waals surface area contributed by atoms with Crippen LogP contribution in [0.15, 0.2) is 35.2 Å². The normalized spacial score (nSPS) is 15.6. The minimum atomic E-state index is -4.06. The lowest BCUT2D eigenvalue weighted by atomic mass is 9.98. The number of nitro benzene ring substituents is 1. The third kappa shape index (κ3) is 5.13. The Morgan fingerprint density at radius 3 is 2.21 bits per heavy atom. The van der Waals surface area contributed by atoms with Crippen molar-refractivity contribution >= 4 is 27.3 Å². The van der Waals surface area contributed by atoms with E-state index in [-0.39, 0.29) is 10.6 Å². The zero-order valence-corrected chi connectivity index (χ0v) is 19.8. The van der Waals surface area contributed by atoms with E-state index in [1.807, 2.05) is 0 Å². The number of benzene rings is 2. The van der Waals surface area contributed by atoms with Gasteiger partial charge >= 0.3 is 0 Å². The van der Waals surface area contributed by atoms with E-state index >= 15 is 0 Å². The third-order valence-electron chi connectivity index (χ3n) is 6.64. The number of sulfonamides is 1. The number of aryl methyl sites for hydroxylation is 2. The van der Waals surface area contributed by atoms with Crippen molar-refractivity contribution in [2.24, 2.45) is 5.73 Å². The molecule has 2 aliphatic rings. The number of hydrogen-bond donors (Lipinski definition) is 3. The van der Waals surface area contributed by atoms with Gasteiger partial charge in [0.1, 0.15) is 6.04 Å². The van der Waals surface area contributed by atoms with Gasteiger partial charge in [0, 0.05) is 17.8 Å². The topological polar surface area (TPSA) is 144 Å². The van der Waals surface area contributed by atoms with Crippen molar-refractivity contribution in [2.45, 2.75) is 68.7 Å². The van der Waals surface area contributed by atoms with Gasteiger partial charge < -0.3 is 11.1 Å². The number of amides is 1. The molecule has 0 radical (unpaired) electrons. The predicted molar refractivity (Wildman–Crippen MR) is 129 cm³/mol. The van der Waals surface area contributed by atoms with Gasteiger partial charge in [0.2, 0.25) is 15.9 Å². The molecule has 0 spiro atoms. The Bertz CT molecular complexity index is 1160. The molecule has 0 unspecified atom stereocenters. The average molecular weight is 487 g/mol. The molecule has 2 aromatic rings. The molecule has 0 aliphatic heterocycles. The maximum atomic E-state index is 13.4. The summed E-state index contributed by atoms with van der Waals surface area (Å²) in [5, 5.41) is 14.0. The number of unbranched alkanes of at least 4 members (excludes halogenated alkanes) is 1. The SMILES string of the molecule is NCCCC[C@H](NS(=O)(=O)c1ccc([N+](=O)[O-])cc1)C(=O)Nc1c2c(cc3c1CCC3)CCC2. The van der Waals surface area contributed by atoms with Gasteiger partial charge in [-0.1, -0.05) is 12.5 Å². The van der Waals surface area contributed by atoms with Crippen LogP contribution in [0.4, 0.5) is 11.4 Å². The number of nitrogens with one attached hydrogen (secondary N) is 2. The average Bonchev–Trinajstić information content (AvgIpc) is 3.47. The van der Waals surface area contributed by atoms with E-state index in [0.717, 1.165) is 56.3 Å². The number of anilines is 1. The number of carbonyl (C=O) groups excluding carboxylic acids is 1. The summed E-state index contributed by atoms with van der Waals surface area (Å²) < 4.78 is 28.5. The molecule has 9 nitrogen and oxygen atoms in total. The first-order valence-corrected chi connectivity index (χ1v) is 13.2. The summed E-state index contributed by atoms with van der Waals surface area (Å²) in [4.78, 5) is 23.6. The maximum absolute atomic E-state index is 13.4. The van der Waals surface area contributed by atoms with Crippen LogP contribution in [-0.4, -0.2) is 31.8 Å². The van der Waals surface area contributed by atoms with E-state index in [2.05, 4.69) is 16.1 Å². The largest absolute Gasteiger partial charge is 0.330 e. The Balaban J connectivity index is 1.58. The van der Waals surface area contributed by atoms with Gasteiger partial charge in [0.15, 0.2) is 0 Å². The van der Waals surface area contributed by atoms with Gasteiger partial charge in [-0.2, -0.15) is 4.72 Å². The highest BCUT2D eigenvalue weighted by Crippen LogP contribution is 2.38. The second-order valence-electron chi connectivity index (χ2n) is 8.93. The predicted octanol–water partition coefficient (Wildman–Crippen LogP) is 2.99. The van der Waals surface area contributed by atoms with Crippen LogP contribution in [0.2, 0.25) is 0 Å². The molecule has 0 aromatic heterocycles. The first kappa shape index (κ1) is 24.3. The zero-order valence-electron chi connectivity index (χ0n) is 19.0. The Labute approximate surface area is 199 Å². The fraction of sp³-hybridized carbons (Fsp3) is 0.458. The van der Waals surface area contributed by atoms with Crippen LogP contribution in [0.1, 0.15) is 54.4 Å². The molecule has 0 saturated heterocycles. The summed E-state index contributed by atoms with van der Waals surface area (Å²) in [6.45, 7) is 0.448. The van der Waals surface area contributed by atoms with Crippen molar-refractivity contribution in [3.8, 4) is 0 Å². The lowest BCUT2D eigenvalue weighted by Crippen LogP contribution is -2.44. The lowest BCUT2D eigenvalue weighted by Gasteiger charge is -2.21. The number of nitro groups is 1. The molecule has 34 heavy (non-hydrogen) atoms. The van der Waals surface area contributed by atoms with Crippen molar-refractivity contribution in [3.05, 3.63) is 62.7 Å². The first-order valence-electron chi connectivity index (χ1n) is 11.7. The molecule has 10 heteroatoms. The van der Waals surface area contributed by atoms with Crippen LogP contribution in [0.5, 0.6) is 0 Å². The van der Waals surface area contributed by atoms with E-state index in [1.54, 1.807) is 0 Å².